The van der Waals surface area contributed by atoms with Crippen LogP contribution < -0.4 is 5.32 Å². The van der Waals surface area contributed by atoms with Crippen LogP contribution in [0.2, 0.25) is 0 Å². The first-order valence-electron chi connectivity index (χ1n) is 6.43. The summed E-state index contributed by atoms with van der Waals surface area (Å²) in [6.45, 7) is 3.22. The number of hydrogen-bond donors (Lipinski definition) is 1. The van der Waals surface area contributed by atoms with E-state index in [1.165, 1.54) is 6.07 Å². The van der Waals surface area contributed by atoms with E-state index < -0.39 is 5.91 Å². The van der Waals surface area contributed by atoms with Gasteiger partial charge in [-0.25, -0.2) is 0 Å². The van der Waals surface area contributed by atoms with Crippen LogP contribution in [0.25, 0.3) is 0 Å². The molecule has 0 aliphatic heterocycles. The standard InChI is InChI=1S/C15H16N4O2/c1-11(2)14(20)18-13-5-3-4-12(10-13)15(21)19(8-6-16)9-7-17/h3-5,10-11H,8-9H2,1-2H3,(H,18,20). The molecule has 0 atom stereocenters. The Morgan fingerprint density at radius 1 is 1.24 bits per heavy atom. The first kappa shape index (κ1) is 16.2. The van der Waals surface area contributed by atoms with Gasteiger partial charge in [-0.3, -0.25) is 9.59 Å². The third-order valence-corrected chi connectivity index (χ3v) is 2.71. The summed E-state index contributed by atoms with van der Waals surface area (Å²) in [5.41, 5.74) is 0.829. The number of hydrogen-bond acceptors (Lipinski definition) is 4. The summed E-state index contributed by atoms with van der Waals surface area (Å²) in [5, 5.41) is 20.1. The molecule has 0 fully saturated rings. The molecule has 21 heavy (non-hydrogen) atoms. The second kappa shape index (κ2) is 7.66. The van der Waals surface area contributed by atoms with Gasteiger partial charge in [0.05, 0.1) is 12.1 Å². The molecule has 6 nitrogen and oxygen atoms in total. The van der Waals surface area contributed by atoms with E-state index >= 15 is 0 Å². The topological polar surface area (TPSA) is 97.0 Å². The van der Waals surface area contributed by atoms with Crippen LogP contribution >= 0.6 is 0 Å². The maximum absolute atomic E-state index is 12.2. The molecule has 1 aromatic rings. The Kier molecular flexibility index (Phi) is 5.91. The van der Waals surface area contributed by atoms with Crippen LogP contribution in [0.5, 0.6) is 0 Å². The molecule has 2 amide bonds. The lowest BCUT2D eigenvalue weighted by Gasteiger charge is -2.16. The van der Waals surface area contributed by atoms with Gasteiger partial charge in [-0.15, -0.1) is 0 Å². The Morgan fingerprint density at radius 2 is 1.86 bits per heavy atom. The fourth-order valence-corrected chi connectivity index (χ4v) is 1.57. The quantitative estimate of drug-likeness (QED) is 0.833. The van der Waals surface area contributed by atoms with Crippen molar-refractivity contribution in [3.63, 3.8) is 0 Å². The van der Waals surface area contributed by atoms with Crippen LogP contribution in [0.15, 0.2) is 24.3 Å². The number of anilines is 1. The van der Waals surface area contributed by atoms with Crippen LogP contribution in [-0.4, -0.2) is 29.8 Å². The van der Waals surface area contributed by atoms with Crippen LogP contribution in [0.4, 0.5) is 5.69 Å². The summed E-state index contributed by atoms with van der Waals surface area (Å²) in [5.74, 6) is -0.734. The molecular weight excluding hydrogens is 268 g/mol. The minimum absolute atomic E-state index is 0.148. The van der Waals surface area contributed by atoms with Crippen LogP contribution in [0, 0.1) is 28.6 Å². The SMILES string of the molecule is CC(C)C(=O)Nc1cccc(C(=O)N(CC#N)CC#N)c1. The predicted octanol–water partition coefficient (Wildman–Crippen LogP) is 1.77. The van der Waals surface area contributed by atoms with Gasteiger partial charge in [-0.05, 0) is 18.2 Å². The summed E-state index contributed by atoms with van der Waals surface area (Å²) >= 11 is 0. The largest absolute Gasteiger partial charge is 0.326 e. The third-order valence-electron chi connectivity index (χ3n) is 2.71. The normalized spacial score (nSPS) is 9.57. The highest BCUT2D eigenvalue weighted by atomic mass is 16.2. The minimum Gasteiger partial charge on any atom is -0.326 e. The average Bonchev–Trinajstić information content (AvgIpc) is 2.46. The summed E-state index contributed by atoms with van der Waals surface area (Å²) in [6, 6.07) is 10.1. The van der Waals surface area contributed by atoms with E-state index in [-0.39, 0.29) is 24.9 Å². The van der Waals surface area contributed by atoms with Crippen molar-refractivity contribution < 1.29 is 9.59 Å². The highest BCUT2D eigenvalue weighted by Gasteiger charge is 2.16. The fourth-order valence-electron chi connectivity index (χ4n) is 1.57. The van der Waals surface area contributed by atoms with Crippen LogP contribution in [0.1, 0.15) is 24.2 Å². The Hall–Kier alpha value is -2.86. The van der Waals surface area contributed by atoms with E-state index in [1.54, 1.807) is 32.0 Å². The molecule has 0 aliphatic carbocycles. The van der Waals surface area contributed by atoms with Crippen molar-refractivity contribution in [2.24, 2.45) is 5.92 Å². The number of nitrogens with one attached hydrogen (secondary N) is 1. The van der Waals surface area contributed by atoms with E-state index in [1.807, 2.05) is 12.1 Å². The van der Waals surface area contributed by atoms with Crippen molar-refractivity contribution in [3.05, 3.63) is 29.8 Å². The van der Waals surface area contributed by atoms with Gasteiger partial charge in [0.25, 0.3) is 5.91 Å². The molecule has 0 heterocycles. The molecule has 0 saturated carbocycles. The van der Waals surface area contributed by atoms with Crippen molar-refractivity contribution in [3.8, 4) is 12.1 Å². The molecule has 0 saturated heterocycles. The number of carbonyl (C=O) groups excluding carboxylic acids is 2. The Balaban J connectivity index is 2.93. The number of rotatable bonds is 5. The van der Waals surface area contributed by atoms with E-state index in [0.29, 0.717) is 11.3 Å². The zero-order valence-electron chi connectivity index (χ0n) is 12.0. The molecule has 0 radical (unpaired) electrons. The van der Waals surface area contributed by atoms with Crippen molar-refractivity contribution in [2.45, 2.75) is 13.8 Å². The van der Waals surface area contributed by atoms with Gasteiger partial charge in [-0.1, -0.05) is 19.9 Å². The lowest BCUT2D eigenvalue weighted by molar-refractivity contribution is -0.118. The lowest BCUT2D eigenvalue weighted by Crippen LogP contribution is -2.31. The fraction of sp³-hybridized carbons (Fsp3) is 0.333. The van der Waals surface area contributed by atoms with Crippen LogP contribution in [0.3, 0.4) is 0 Å². The number of carbonyl (C=O) groups is 2. The average molecular weight is 284 g/mol. The van der Waals surface area contributed by atoms with E-state index in [9.17, 15) is 9.59 Å². The smallest absolute Gasteiger partial charge is 0.255 e. The van der Waals surface area contributed by atoms with Crippen molar-refractivity contribution in [1.29, 1.82) is 10.5 Å². The first-order valence-corrected chi connectivity index (χ1v) is 6.43. The molecule has 1 N–H and O–H groups in total. The molecule has 0 aliphatic rings. The first-order chi connectivity index (χ1) is 9.99. The van der Waals surface area contributed by atoms with Crippen LogP contribution in [-0.2, 0) is 4.79 Å². The molecule has 0 unspecified atom stereocenters. The second-order valence-corrected chi connectivity index (χ2v) is 4.70. The van der Waals surface area contributed by atoms with Crippen molar-refractivity contribution in [2.75, 3.05) is 18.4 Å². The Bertz CT molecular complexity index is 595. The summed E-state index contributed by atoms with van der Waals surface area (Å²) < 4.78 is 0. The summed E-state index contributed by atoms with van der Waals surface area (Å²) in [7, 11) is 0. The molecule has 0 spiro atoms. The Morgan fingerprint density at radius 3 is 2.38 bits per heavy atom. The number of nitriles is 2. The van der Waals surface area contributed by atoms with Gasteiger partial charge in [0.15, 0.2) is 0 Å². The molecule has 1 aromatic carbocycles. The molecule has 0 aromatic heterocycles. The monoisotopic (exact) mass is 284 g/mol. The number of nitrogens with zero attached hydrogens (tertiary/aromatic N) is 3. The van der Waals surface area contributed by atoms with E-state index in [0.717, 1.165) is 4.90 Å². The number of amides is 2. The van der Waals surface area contributed by atoms with Crippen molar-refractivity contribution in [1.82, 2.24) is 4.90 Å². The zero-order valence-corrected chi connectivity index (χ0v) is 12.0. The molecule has 1 rings (SSSR count). The van der Waals surface area contributed by atoms with Gasteiger partial charge in [0.2, 0.25) is 5.91 Å². The summed E-state index contributed by atoms with van der Waals surface area (Å²) in [6.07, 6.45) is 0. The molecular formula is C15H16N4O2. The molecule has 108 valence electrons. The molecule has 0 bridgehead atoms. The lowest BCUT2D eigenvalue weighted by atomic mass is 10.1. The maximum Gasteiger partial charge on any atom is 0.255 e. The summed E-state index contributed by atoms with van der Waals surface area (Å²) in [4.78, 5) is 25.0. The van der Waals surface area contributed by atoms with Gasteiger partial charge >= 0.3 is 0 Å². The predicted molar refractivity (Wildman–Crippen MR) is 77.0 cm³/mol. The zero-order chi connectivity index (χ0) is 15.8. The van der Waals surface area contributed by atoms with Crippen molar-refractivity contribution >= 4 is 17.5 Å². The van der Waals surface area contributed by atoms with E-state index in [4.69, 9.17) is 10.5 Å². The third kappa shape index (κ3) is 4.63. The number of benzene rings is 1. The highest BCUT2D eigenvalue weighted by molar-refractivity contribution is 5.97. The Labute approximate surface area is 123 Å². The minimum atomic E-state index is -0.418. The van der Waals surface area contributed by atoms with Gasteiger partial charge < -0.3 is 10.2 Å². The van der Waals surface area contributed by atoms with Gasteiger partial charge in [-0.2, -0.15) is 10.5 Å². The maximum atomic E-state index is 12.2. The molecule has 6 heteroatoms. The highest BCUT2D eigenvalue weighted by Crippen LogP contribution is 2.14. The van der Waals surface area contributed by atoms with Gasteiger partial charge in [0.1, 0.15) is 13.1 Å². The van der Waals surface area contributed by atoms with Gasteiger partial charge in [0, 0.05) is 17.2 Å². The second-order valence-electron chi connectivity index (χ2n) is 4.70. The van der Waals surface area contributed by atoms with E-state index in [2.05, 4.69) is 5.32 Å².